The second-order valence-corrected chi connectivity index (χ2v) is 5.77. The summed E-state index contributed by atoms with van der Waals surface area (Å²) in [6, 6.07) is 10.4. The van der Waals surface area contributed by atoms with Crippen LogP contribution in [0.1, 0.15) is 18.9 Å². The van der Waals surface area contributed by atoms with E-state index in [2.05, 4.69) is 41.4 Å². The Morgan fingerprint density at radius 1 is 1.39 bits per heavy atom. The van der Waals surface area contributed by atoms with Crippen LogP contribution >= 0.6 is 24.8 Å². The van der Waals surface area contributed by atoms with Gasteiger partial charge in [0.1, 0.15) is 6.04 Å². The number of hydrogen-bond donors (Lipinski definition) is 2. The highest BCUT2D eigenvalue weighted by atomic mass is 35.5. The van der Waals surface area contributed by atoms with E-state index in [1.807, 2.05) is 6.07 Å². The van der Waals surface area contributed by atoms with Crippen molar-refractivity contribution in [2.24, 2.45) is 5.73 Å². The third-order valence-corrected chi connectivity index (χ3v) is 3.96. The SMILES string of the molecule is COCC(N)C(=O)NC1CC(C)N(Cc2ccccc2)C1.Cl.Cl. The second kappa shape index (κ2) is 10.8. The van der Waals surface area contributed by atoms with Gasteiger partial charge in [0.2, 0.25) is 5.91 Å². The molecule has 3 unspecified atom stereocenters. The number of nitrogens with one attached hydrogen (secondary N) is 1. The van der Waals surface area contributed by atoms with Gasteiger partial charge in [-0.05, 0) is 18.9 Å². The van der Waals surface area contributed by atoms with E-state index in [9.17, 15) is 4.79 Å². The lowest BCUT2D eigenvalue weighted by molar-refractivity contribution is -0.124. The van der Waals surface area contributed by atoms with Gasteiger partial charge in [0, 0.05) is 32.3 Å². The predicted molar refractivity (Wildman–Crippen MR) is 97.2 cm³/mol. The van der Waals surface area contributed by atoms with Gasteiger partial charge in [0.15, 0.2) is 0 Å². The Hall–Kier alpha value is -0.850. The molecule has 3 atom stereocenters. The first kappa shape index (κ1) is 22.1. The van der Waals surface area contributed by atoms with Gasteiger partial charge in [-0.25, -0.2) is 0 Å². The lowest BCUT2D eigenvalue weighted by Crippen LogP contribution is -2.48. The largest absolute Gasteiger partial charge is 0.383 e. The maximum absolute atomic E-state index is 11.9. The molecule has 1 saturated heterocycles. The van der Waals surface area contributed by atoms with E-state index in [0.29, 0.717) is 6.04 Å². The van der Waals surface area contributed by atoms with Crippen LogP contribution in [0.4, 0.5) is 0 Å². The molecule has 2 rings (SSSR count). The number of hydrogen-bond acceptors (Lipinski definition) is 4. The van der Waals surface area contributed by atoms with Crippen LogP contribution in [-0.2, 0) is 16.1 Å². The molecule has 5 nitrogen and oxygen atoms in total. The van der Waals surface area contributed by atoms with Gasteiger partial charge in [-0.1, -0.05) is 30.3 Å². The fourth-order valence-electron chi connectivity index (χ4n) is 2.80. The van der Waals surface area contributed by atoms with Gasteiger partial charge >= 0.3 is 0 Å². The summed E-state index contributed by atoms with van der Waals surface area (Å²) in [5, 5.41) is 3.02. The average molecular weight is 364 g/mol. The lowest BCUT2D eigenvalue weighted by Gasteiger charge is -2.21. The van der Waals surface area contributed by atoms with E-state index in [0.717, 1.165) is 19.5 Å². The fraction of sp³-hybridized carbons (Fsp3) is 0.562. The summed E-state index contributed by atoms with van der Waals surface area (Å²) in [5.74, 6) is -0.129. The van der Waals surface area contributed by atoms with E-state index >= 15 is 0 Å². The van der Waals surface area contributed by atoms with Crippen LogP contribution in [0.25, 0.3) is 0 Å². The van der Waals surface area contributed by atoms with Crippen molar-refractivity contribution in [3.8, 4) is 0 Å². The van der Waals surface area contributed by atoms with Gasteiger partial charge in [0.25, 0.3) is 0 Å². The van der Waals surface area contributed by atoms with E-state index in [-0.39, 0.29) is 43.4 Å². The Bertz CT molecular complexity index is 462. The highest BCUT2D eigenvalue weighted by molar-refractivity contribution is 5.85. The third-order valence-electron chi connectivity index (χ3n) is 3.96. The number of nitrogens with two attached hydrogens (primary N) is 1. The van der Waals surface area contributed by atoms with Crippen LogP contribution in [0.15, 0.2) is 30.3 Å². The molecule has 0 saturated carbocycles. The Morgan fingerprint density at radius 3 is 2.65 bits per heavy atom. The minimum atomic E-state index is -0.589. The first-order valence-electron chi connectivity index (χ1n) is 7.43. The van der Waals surface area contributed by atoms with Gasteiger partial charge < -0.3 is 15.8 Å². The molecule has 1 amide bonds. The number of nitrogens with zero attached hydrogens (tertiary/aromatic N) is 1. The Labute approximate surface area is 150 Å². The van der Waals surface area contributed by atoms with Gasteiger partial charge in [-0.2, -0.15) is 0 Å². The normalized spacial score (nSPS) is 21.9. The summed E-state index contributed by atoms with van der Waals surface area (Å²) in [7, 11) is 1.55. The number of carbonyl (C=O) groups is 1. The van der Waals surface area contributed by atoms with Crippen LogP contribution < -0.4 is 11.1 Å². The molecule has 0 bridgehead atoms. The number of amides is 1. The summed E-state index contributed by atoms with van der Waals surface area (Å²) < 4.78 is 4.91. The number of methoxy groups -OCH3 is 1. The molecule has 0 spiro atoms. The summed E-state index contributed by atoms with van der Waals surface area (Å²) in [6.07, 6.45) is 0.957. The summed E-state index contributed by atoms with van der Waals surface area (Å²) in [5.41, 5.74) is 7.05. The predicted octanol–water partition coefficient (Wildman–Crippen LogP) is 1.58. The van der Waals surface area contributed by atoms with Crippen molar-refractivity contribution < 1.29 is 9.53 Å². The van der Waals surface area contributed by atoms with Crippen LogP contribution in [0, 0.1) is 0 Å². The molecule has 0 aliphatic carbocycles. The Morgan fingerprint density at radius 2 is 2.04 bits per heavy atom. The van der Waals surface area contributed by atoms with Crippen molar-refractivity contribution in [1.82, 2.24) is 10.2 Å². The van der Waals surface area contributed by atoms with Crippen molar-refractivity contribution in [3.63, 3.8) is 0 Å². The van der Waals surface area contributed by atoms with Gasteiger partial charge in [0.05, 0.1) is 6.61 Å². The number of ether oxygens (including phenoxy) is 1. The van der Waals surface area contributed by atoms with Crippen molar-refractivity contribution in [2.45, 2.75) is 38.0 Å². The summed E-state index contributed by atoms with van der Waals surface area (Å²) in [4.78, 5) is 14.3. The topological polar surface area (TPSA) is 67.6 Å². The molecule has 1 aliphatic rings. The number of likely N-dealkylation sites (tertiary alicyclic amines) is 1. The molecule has 0 aromatic heterocycles. The number of carbonyl (C=O) groups excluding carboxylic acids is 1. The maximum atomic E-state index is 11.9. The van der Waals surface area contributed by atoms with Crippen LogP contribution in [-0.4, -0.2) is 49.2 Å². The zero-order valence-electron chi connectivity index (χ0n) is 13.6. The number of rotatable bonds is 6. The monoisotopic (exact) mass is 363 g/mol. The van der Waals surface area contributed by atoms with Crippen molar-refractivity contribution in [2.75, 3.05) is 20.3 Å². The Kier molecular flexibility index (Phi) is 10.4. The maximum Gasteiger partial charge on any atom is 0.239 e. The minimum absolute atomic E-state index is 0. The van der Waals surface area contributed by atoms with Crippen LogP contribution in [0.3, 0.4) is 0 Å². The van der Waals surface area contributed by atoms with Gasteiger partial charge in [-0.15, -0.1) is 24.8 Å². The zero-order valence-corrected chi connectivity index (χ0v) is 15.2. The first-order chi connectivity index (χ1) is 10.1. The van der Waals surface area contributed by atoms with E-state index in [1.54, 1.807) is 7.11 Å². The fourth-order valence-corrected chi connectivity index (χ4v) is 2.80. The molecular formula is C16H27Cl2N3O2. The van der Waals surface area contributed by atoms with Crippen molar-refractivity contribution in [3.05, 3.63) is 35.9 Å². The molecule has 1 aromatic carbocycles. The van der Waals surface area contributed by atoms with Gasteiger partial charge in [-0.3, -0.25) is 9.69 Å². The van der Waals surface area contributed by atoms with Crippen LogP contribution in [0.2, 0.25) is 0 Å². The quantitative estimate of drug-likeness (QED) is 0.804. The summed E-state index contributed by atoms with van der Waals surface area (Å²) >= 11 is 0. The standard InChI is InChI=1S/C16H25N3O2.2ClH/c1-12-8-14(18-16(20)15(17)11-21-2)10-19(12)9-13-6-4-3-5-7-13;;/h3-7,12,14-15H,8-11,17H2,1-2H3,(H,18,20);2*1H. The molecule has 3 N–H and O–H groups in total. The summed E-state index contributed by atoms with van der Waals surface area (Å²) in [6.45, 7) is 4.23. The molecule has 1 fully saturated rings. The molecular weight excluding hydrogens is 337 g/mol. The third kappa shape index (κ3) is 6.65. The molecule has 132 valence electrons. The molecule has 1 aliphatic heterocycles. The molecule has 0 radical (unpaired) electrons. The highest BCUT2D eigenvalue weighted by Gasteiger charge is 2.30. The molecule has 1 heterocycles. The van der Waals surface area contributed by atoms with E-state index < -0.39 is 6.04 Å². The molecule has 1 aromatic rings. The van der Waals surface area contributed by atoms with E-state index in [4.69, 9.17) is 10.5 Å². The molecule has 23 heavy (non-hydrogen) atoms. The zero-order chi connectivity index (χ0) is 15.2. The van der Waals surface area contributed by atoms with Crippen LogP contribution in [0.5, 0.6) is 0 Å². The average Bonchev–Trinajstić information content (AvgIpc) is 2.80. The highest BCUT2D eigenvalue weighted by Crippen LogP contribution is 2.20. The first-order valence-corrected chi connectivity index (χ1v) is 7.43. The minimum Gasteiger partial charge on any atom is -0.383 e. The van der Waals surface area contributed by atoms with E-state index in [1.165, 1.54) is 5.56 Å². The van der Waals surface area contributed by atoms with Crippen molar-refractivity contribution >= 4 is 30.7 Å². The second-order valence-electron chi connectivity index (χ2n) is 5.77. The smallest absolute Gasteiger partial charge is 0.239 e. The number of benzene rings is 1. The van der Waals surface area contributed by atoms with Crippen molar-refractivity contribution in [1.29, 1.82) is 0 Å². The lowest BCUT2D eigenvalue weighted by atomic mass is 10.1. The Balaban J connectivity index is 0.00000242. The molecule has 7 heteroatoms. The number of halogens is 2.